The van der Waals surface area contributed by atoms with Crippen LogP contribution in [-0.4, -0.2) is 23.7 Å². The summed E-state index contributed by atoms with van der Waals surface area (Å²) < 4.78 is 12.0. The average molecular weight is 321 g/mol. The number of aromatic amines is 1. The van der Waals surface area contributed by atoms with Crippen LogP contribution in [0.15, 0.2) is 4.47 Å². The molecule has 1 heterocycles. The summed E-state index contributed by atoms with van der Waals surface area (Å²) in [5.41, 5.74) is 0.889. The van der Waals surface area contributed by atoms with Gasteiger partial charge in [0.25, 0.3) is 0 Å². The van der Waals surface area contributed by atoms with E-state index in [9.17, 15) is 0 Å². The van der Waals surface area contributed by atoms with Gasteiger partial charge in [-0.2, -0.15) is 0 Å². The Labute approximate surface area is 115 Å². The monoisotopic (exact) mass is 320 g/mol. The van der Waals surface area contributed by atoms with E-state index < -0.39 is 0 Å². The number of hydrogen-bond donors (Lipinski definition) is 1. The maximum Gasteiger partial charge on any atom is 0.144 e. The number of nitrogens with zero attached hydrogens (tertiary/aromatic N) is 1. The lowest BCUT2D eigenvalue weighted by Gasteiger charge is -2.16. The summed E-state index contributed by atoms with van der Waals surface area (Å²) in [6.07, 6.45) is 0.797. The molecule has 1 atom stereocenters. The lowest BCUT2D eigenvalue weighted by molar-refractivity contribution is 0.0528. The van der Waals surface area contributed by atoms with E-state index in [0.717, 1.165) is 22.4 Å². The molecule has 0 aromatic carbocycles. The maximum absolute atomic E-state index is 5.61. The number of aromatic nitrogens is 2. The van der Waals surface area contributed by atoms with Gasteiger partial charge in [0, 0.05) is 13.7 Å². The number of H-pyrrole nitrogens is 1. The number of halogens is 1. The third-order valence-corrected chi connectivity index (χ3v) is 3.70. The molecule has 6 heteroatoms. The third kappa shape index (κ3) is 3.84. The Morgan fingerprint density at radius 1 is 1.47 bits per heavy atom. The number of ether oxygens (including phenoxy) is 2. The number of hydrogen-bond acceptors (Lipinski definition) is 4. The first-order valence-electron chi connectivity index (χ1n) is 5.53. The number of rotatable bonds is 6. The fraction of sp³-hybridized carbons (Fsp3) is 0.636. The van der Waals surface area contributed by atoms with Crippen molar-refractivity contribution in [3.63, 3.8) is 0 Å². The van der Waals surface area contributed by atoms with Crippen LogP contribution in [0.3, 0.4) is 0 Å². The lowest BCUT2D eigenvalue weighted by Crippen LogP contribution is -2.10. The van der Waals surface area contributed by atoms with E-state index in [1.54, 1.807) is 7.11 Å². The highest BCUT2D eigenvalue weighted by Crippen LogP contribution is 2.22. The minimum Gasteiger partial charge on any atom is -0.378 e. The minimum atomic E-state index is -0.0505. The topological polar surface area (TPSA) is 47.1 Å². The van der Waals surface area contributed by atoms with Gasteiger partial charge in [-0.15, -0.1) is 0 Å². The first-order valence-corrected chi connectivity index (χ1v) is 6.73. The molecule has 1 N–H and O–H groups in total. The van der Waals surface area contributed by atoms with Gasteiger partial charge >= 0.3 is 0 Å². The molecule has 17 heavy (non-hydrogen) atoms. The molecule has 0 radical (unpaired) electrons. The Morgan fingerprint density at radius 3 is 2.71 bits per heavy atom. The van der Waals surface area contributed by atoms with Crippen LogP contribution in [0.25, 0.3) is 0 Å². The van der Waals surface area contributed by atoms with Gasteiger partial charge in [-0.1, -0.05) is 19.1 Å². The molecule has 1 aromatic heterocycles. The standard InChI is InChI=1S/C11H17BrN2O2S/c1-4-8(16-5-2)10-13-7(6-15-3)9(12)11(17)14-10/h8H,4-6H2,1-3H3,(H,13,14,17). The summed E-state index contributed by atoms with van der Waals surface area (Å²) in [6, 6.07) is 0. The van der Waals surface area contributed by atoms with E-state index in [2.05, 4.69) is 32.8 Å². The van der Waals surface area contributed by atoms with E-state index in [4.69, 9.17) is 21.7 Å². The van der Waals surface area contributed by atoms with Crippen LogP contribution in [0.5, 0.6) is 0 Å². The van der Waals surface area contributed by atoms with Crippen molar-refractivity contribution in [2.45, 2.75) is 33.0 Å². The van der Waals surface area contributed by atoms with Crippen molar-refractivity contribution in [3.05, 3.63) is 20.6 Å². The van der Waals surface area contributed by atoms with Crippen LogP contribution in [0.2, 0.25) is 0 Å². The Kier molecular flexibility index (Phi) is 6.26. The van der Waals surface area contributed by atoms with Crippen LogP contribution in [0.1, 0.15) is 37.9 Å². The molecule has 0 aliphatic carbocycles. The average Bonchev–Trinajstić information content (AvgIpc) is 2.32. The minimum absolute atomic E-state index is 0.0505. The highest BCUT2D eigenvalue weighted by atomic mass is 79.9. The second kappa shape index (κ2) is 7.20. The number of nitrogens with one attached hydrogen (secondary N) is 1. The second-order valence-corrected chi connectivity index (χ2v) is 4.68. The summed E-state index contributed by atoms with van der Waals surface area (Å²) in [7, 11) is 1.64. The Morgan fingerprint density at radius 2 is 2.18 bits per heavy atom. The lowest BCUT2D eigenvalue weighted by atomic mass is 10.2. The van der Waals surface area contributed by atoms with Gasteiger partial charge in [0.05, 0.1) is 16.8 Å². The van der Waals surface area contributed by atoms with Gasteiger partial charge in [-0.25, -0.2) is 4.98 Å². The van der Waals surface area contributed by atoms with E-state index in [1.165, 1.54) is 0 Å². The van der Waals surface area contributed by atoms with Crippen LogP contribution >= 0.6 is 28.1 Å². The summed E-state index contributed by atoms with van der Waals surface area (Å²) in [5.74, 6) is 0.759. The fourth-order valence-corrected chi connectivity index (χ4v) is 2.04. The van der Waals surface area contributed by atoms with Crippen molar-refractivity contribution in [2.75, 3.05) is 13.7 Å². The zero-order chi connectivity index (χ0) is 12.8. The molecule has 0 amide bonds. The van der Waals surface area contributed by atoms with Gasteiger partial charge in [0.1, 0.15) is 16.6 Å². The molecule has 0 bridgehead atoms. The van der Waals surface area contributed by atoms with Gasteiger partial charge in [0.15, 0.2) is 0 Å². The quantitative estimate of drug-likeness (QED) is 0.814. The molecular formula is C11H17BrN2O2S. The van der Waals surface area contributed by atoms with E-state index in [0.29, 0.717) is 17.9 Å². The van der Waals surface area contributed by atoms with Crippen molar-refractivity contribution in [1.29, 1.82) is 0 Å². The van der Waals surface area contributed by atoms with Crippen LogP contribution in [0, 0.1) is 4.64 Å². The summed E-state index contributed by atoms with van der Waals surface area (Å²) in [6.45, 7) is 5.13. The highest BCUT2D eigenvalue weighted by Gasteiger charge is 2.14. The summed E-state index contributed by atoms with van der Waals surface area (Å²) in [5, 5.41) is 0. The molecular weight excluding hydrogens is 304 g/mol. The van der Waals surface area contributed by atoms with Crippen molar-refractivity contribution in [1.82, 2.24) is 9.97 Å². The fourth-order valence-electron chi connectivity index (χ4n) is 1.51. The van der Waals surface area contributed by atoms with Crippen molar-refractivity contribution < 1.29 is 9.47 Å². The first kappa shape index (κ1) is 14.8. The molecule has 1 aromatic rings. The van der Waals surface area contributed by atoms with Crippen LogP contribution in [-0.2, 0) is 16.1 Å². The Hall–Kier alpha value is -0.300. The second-order valence-electron chi connectivity index (χ2n) is 3.50. The van der Waals surface area contributed by atoms with Crippen molar-refractivity contribution in [3.8, 4) is 0 Å². The zero-order valence-corrected chi connectivity index (χ0v) is 12.7. The van der Waals surface area contributed by atoms with E-state index >= 15 is 0 Å². The predicted octanol–water partition coefficient (Wildman–Crippen LogP) is 3.54. The third-order valence-electron chi connectivity index (χ3n) is 2.29. The Balaban J connectivity index is 3.12. The molecule has 0 saturated heterocycles. The molecule has 1 unspecified atom stereocenters. The predicted molar refractivity (Wildman–Crippen MR) is 72.5 cm³/mol. The van der Waals surface area contributed by atoms with Gasteiger partial charge in [-0.3, -0.25) is 0 Å². The molecule has 1 rings (SSSR count). The molecule has 0 saturated carbocycles. The first-order chi connectivity index (χ1) is 8.13. The highest BCUT2D eigenvalue weighted by molar-refractivity contribution is 9.10. The SMILES string of the molecule is CCOC(CC)c1nc(=S)c(Br)c(COC)[nH]1. The van der Waals surface area contributed by atoms with E-state index in [1.807, 2.05) is 6.92 Å². The largest absolute Gasteiger partial charge is 0.378 e. The Bertz CT molecular complexity index is 422. The van der Waals surface area contributed by atoms with Gasteiger partial charge < -0.3 is 14.5 Å². The van der Waals surface area contributed by atoms with Crippen LogP contribution < -0.4 is 0 Å². The zero-order valence-electron chi connectivity index (χ0n) is 10.2. The van der Waals surface area contributed by atoms with Gasteiger partial charge in [0.2, 0.25) is 0 Å². The molecule has 0 aliphatic heterocycles. The molecule has 0 fully saturated rings. The molecule has 4 nitrogen and oxygen atoms in total. The van der Waals surface area contributed by atoms with Crippen molar-refractivity contribution in [2.24, 2.45) is 0 Å². The smallest absolute Gasteiger partial charge is 0.144 e. The van der Waals surface area contributed by atoms with Crippen LogP contribution in [0.4, 0.5) is 0 Å². The molecule has 0 spiro atoms. The van der Waals surface area contributed by atoms with Crippen molar-refractivity contribution >= 4 is 28.1 Å². The summed E-state index contributed by atoms with van der Waals surface area (Å²) >= 11 is 8.61. The maximum atomic E-state index is 5.61. The number of methoxy groups -OCH3 is 1. The normalized spacial score (nSPS) is 12.7. The van der Waals surface area contributed by atoms with E-state index in [-0.39, 0.29) is 6.10 Å². The molecule has 0 aliphatic rings. The molecule has 96 valence electrons. The summed E-state index contributed by atoms with van der Waals surface area (Å²) in [4.78, 5) is 7.55. The van der Waals surface area contributed by atoms with Gasteiger partial charge in [-0.05, 0) is 29.3 Å².